The zero-order chi connectivity index (χ0) is 11.7. The largest absolute Gasteiger partial charge is 0.376 e. The normalized spacial score (nSPS) is 11.7. The number of ketones is 1. The first kappa shape index (κ1) is 14.6. The van der Waals surface area contributed by atoms with Crippen LogP contribution < -0.4 is 5.32 Å². The average Bonchev–Trinajstić information content (AvgIpc) is 2.07. The number of rotatable bonds is 8. The fraction of sp³-hybridized carbons (Fsp3) is 0.917. The van der Waals surface area contributed by atoms with Gasteiger partial charge in [0.15, 0.2) is 0 Å². The first-order valence-electron chi connectivity index (χ1n) is 5.76. The van der Waals surface area contributed by atoms with E-state index >= 15 is 0 Å². The maximum absolute atomic E-state index is 10.6. The van der Waals surface area contributed by atoms with E-state index in [-0.39, 0.29) is 11.4 Å². The van der Waals surface area contributed by atoms with Gasteiger partial charge in [0.05, 0.1) is 5.60 Å². The van der Waals surface area contributed by atoms with Gasteiger partial charge in [-0.3, -0.25) is 0 Å². The molecule has 0 fully saturated rings. The van der Waals surface area contributed by atoms with Crippen LogP contribution in [0.4, 0.5) is 0 Å². The highest BCUT2D eigenvalue weighted by Crippen LogP contribution is 2.06. The summed E-state index contributed by atoms with van der Waals surface area (Å²) in [4.78, 5) is 10.6. The summed E-state index contributed by atoms with van der Waals surface area (Å²) in [5, 5.41) is 3.29. The molecule has 0 aliphatic rings. The maximum Gasteiger partial charge on any atom is 0.129 e. The van der Waals surface area contributed by atoms with Crippen LogP contribution in [0.3, 0.4) is 0 Å². The zero-order valence-corrected chi connectivity index (χ0v) is 10.6. The molecule has 0 heterocycles. The van der Waals surface area contributed by atoms with Gasteiger partial charge >= 0.3 is 0 Å². The van der Waals surface area contributed by atoms with E-state index in [1.807, 2.05) is 0 Å². The van der Waals surface area contributed by atoms with Crippen molar-refractivity contribution in [2.75, 3.05) is 19.7 Å². The van der Waals surface area contributed by atoms with Crippen molar-refractivity contribution in [1.82, 2.24) is 5.32 Å². The number of nitrogens with one attached hydrogen (secondary N) is 1. The summed E-state index contributed by atoms with van der Waals surface area (Å²) >= 11 is 0. The molecular weight excluding hydrogens is 190 g/mol. The summed E-state index contributed by atoms with van der Waals surface area (Å²) in [6.45, 7) is 10.5. The summed E-state index contributed by atoms with van der Waals surface area (Å²) in [6.07, 6.45) is 2.65. The predicted octanol–water partition coefficient (Wildman–Crippen LogP) is 2.15. The number of hydrogen-bond acceptors (Lipinski definition) is 3. The van der Waals surface area contributed by atoms with Gasteiger partial charge in [-0.2, -0.15) is 0 Å². The lowest BCUT2D eigenvalue weighted by atomic mass is 10.2. The quantitative estimate of drug-likeness (QED) is 0.630. The molecule has 0 aromatic carbocycles. The van der Waals surface area contributed by atoms with E-state index in [2.05, 4.69) is 26.1 Å². The molecule has 0 spiro atoms. The zero-order valence-electron chi connectivity index (χ0n) is 10.6. The van der Waals surface area contributed by atoms with Gasteiger partial charge in [-0.25, -0.2) is 0 Å². The van der Waals surface area contributed by atoms with Gasteiger partial charge < -0.3 is 14.8 Å². The van der Waals surface area contributed by atoms with E-state index in [4.69, 9.17) is 4.74 Å². The maximum atomic E-state index is 10.6. The lowest BCUT2D eigenvalue weighted by molar-refractivity contribution is -0.117. The second-order valence-corrected chi connectivity index (χ2v) is 4.87. The Morgan fingerprint density at radius 3 is 2.33 bits per heavy atom. The van der Waals surface area contributed by atoms with Crippen molar-refractivity contribution in [3.05, 3.63) is 0 Å². The van der Waals surface area contributed by atoms with Crippen LogP contribution in [0, 0.1) is 0 Å². The van der Waals surface area contributed by atoms with E-state index in [9.17, 15) is 4.79 Å². The SMILES string of the molecule is CC(=O)CCCNCCCOC(C)(C)C. The summed E-state index contributed by atoms with van der Waals surface area (Å²) in [5.41, 5.74) is -0.0331. The molecule has 0 rings (SSSR count). The summed E-state index contributed by atoms with van der Waals surface area (Å²) in [6, 6.07) is 0. The van der Waals surface area contributed by atoms with E-state index in [0.29, 0.717) is 6.42 Å². The second-order valence-electron chi connectivity index (χ2n) is 4.87. The second kappa shape index (κ2) is 7.83. The van der Waals surface area contributed by atoms with Gasteiger partial charge in [0.2, 0.25) is 0 Å². The molecule has 1 N–H and O–H groups in total. The van der Waals surface area contributed by atoms with Crippen LogP contribution in [0.25, 0.3) is 0 Å². The highest BCUT2D eigenvalue weighted by molar-refractivity contribution is 5.75. The minimum Gasteiger partial charge on any atom is -0.376 e. The highest BCUT2D eigenvalue weighted by Gasteiger charge is 2.08. The molecule has 0 aliphatic carbocycles. The van der Waals surface area contributed by atoms with Crippen LogP contribution in [0.15, 0.2) is 0 Å². The van der Waals surface area contributed by atoms with Crippen LogP contribution >= 0.6 is 0 Å². The molecule has 0 saturated heterocycles. The predicted molar refractivity (Wildman–Crippen MR) is 63.1 cm³/mol. The van der Waals surface area contributed by atoms with E-state index < -0.39 is 0 Å². The Labute approximate surface area is 93.6 Å². The topological polar surface area (TPSA) is 38.3 Å². The molecule has 0 aromatic heterocycles. The molecule has 15 heavy (non-hydrogen) atoms. The van der Waals surface area contributed by atoms with Gasteiger partial charge in [-0.15, -0.1) is 0 Å². The van der Waals surface area contributed by atoms with Crippen LogP contribution in [0.1, 0.15) is 47.0 Å². The van der Waals surface area contributed by atoms with Crippen molar-refractivity contribution in [3.63, 3.8) is 0 Å². The first-order valence-corrected chi connectivity index (χ1v) is 5.76. The van der Waals surface area contributed by atoms with Crippen molar-refractivity contribution in [3.8, 4) is 0 Å². The van der Waals surface area contributed by atoms with Gasteiger partial charge in [-0.1, -0.05) is 0 Å². The Bertz CT molecular complexity index is 173. The summed E-state index contributed by atoms with van der Waals surface area (Å²) in [7, 11) is 0. The lowest BCUT2D eigenvalue weighted by Gasteiger charge is -2.19. The third-order valence-corrected chi connectivity index (χ3v) is 1.92. The molecule has 0 radical (unpaired) electrons. The highest BCUT2D eigenvalue weighted by atomic mass is 16.5. The van der Waals surface area contributed by atoms with Crippen LogP contribution in [0.5, 0.6) is 0 Å². The molecule has 0 bridgehead atoms. The van der Waals surface area contributed by atoms with Crippen molar-refractivity contribution >= 4 is 5.78 Å². The number of carbonyl (C=O) groups excluding carboxylic acids is 1. The van der Waals surface area contributed by atoms with Crippen LogP contribution in [0.2, 0.25) is 0 Å². The summed E-state index contributed by atoms with van der Waals surface area (Å²) < 4.78 is 5.58. The molecular formula is C12H25NO2. The molecule has 0 atom stereocenters. The molecule has 90 valence electrons. The minimum atomic E-state index is -0.0331. The fourth-order valence-corrected chi connectivity index (χ4v) is 1.16. The fourth-order valence-electron chi connectivity index (χ4n) is 1.16. The van der Waals surface area contributed by atoms with Gasteiger partial charge in [0.25, 0.3) is 0 Å². The minimum absolute atomic E-state index is 0.0331. The van der Waals surface area contributed by atoms with Gasteiger partial charge in [-0.05, 0) is 53.6 Å². The van der Waals surface area contributed by atoms with Gasteiger partial charge in [0, 0.05) is 13.0 Å². The molecule has 0 aliphatic heterocycles. The van der Waals surface area contributed by atoms with Crippen LogP contribution in [-0.2, 0) is 9.53 Å². The Hall–Kier alpha value is -0.410. The monoisotopic (exact) mass is 215 g/mol. The number of carbonyl (C=O) groups is 1. The standard InChI is InChI=1S/C12H25NO2/c1-11(14)7-5-8-13-9-6-10-15-12(2,3)4/h13H,5-10H2,1-4H3. The smallest absolute Gasteiger partial charge is 0.129 e. The lowest BCUT2D eigenvalue weighted by Crippen LogP contribution is -2.23. The van der Waals surface area contributed by atoms with E-state index in [1.54, 1.807) is 6.92 Å². The van der Waals surface area contributed by atoms with Gasteiger partial charge in [0.1, 0.15) is 5.78 Å². The molecule has 0 aromatic rings. The van der Waals surface area contributed by atoms with Crippen molar-refractivity contribution in [1.29, 1.82) is 0 Å². The molecule has 0 saturated carbocycles. The Morgan fingerprint density at radius 1 is 1.20 bits per heavy atom. The summed E-state index contributed by atoms with van der Waals surface area (Å²) in [5.74, 6) is 0.271. The van der Waals surface area contributed by atoms with E-state index in [0.717, 1.165) is 32.5 Å². The van der Waals surface area contributed by atoms with Crippen molar-refractivity contribution < 1.29 is 9.53 Å². The third kappa shape index (κ3) is 13.6. The molecule has 3 heteroatoms. The first-order chi connectivity index (χ1) is 6.92. The van der Waals surface area contributed by atoms with Crippen molar-refractivity contribution in [2.45, 2.75) is 52.6 Å². The Balaban J connectivity index is 3.09. The molecule has 0 unspecified atom stereocenters. The van der Waals surface area contributed by atoms with Crippen LogP contribution in [-0.4, -0.2) is 31.1 Å². The number of Topliss-reactive ketones (excluding diaryl/α,β-unsaturated/α-hetero) is 1. The Kier molecular flexibility index (Phi) is 7.61. The van der Waals surface area contributed by atoms with Crippen molar-refractivity contribution in [2.24, 2.45) is 0 Å². The molecule has 3 nitrogen and oxygen atoms in total. The number of ether oxygens (including phenoxy) is 1. The van der Waals surface area contributed by atoms with E-state index in [1.165, 1.54) is 0 Å². The third-order valence-electron chi connectivity index (χ3n) is 1.92. The Morgan fingerprint density at radius 2 is 1.80 bits per heavy atom. The molecule has 0 amide bonds. The number of hydrogen-bond donors (Lipinski definition) is 1. The average molecular weight is 215 g/mol.